The van der Waals surface area contributed by atoms with Crippen molar-refractivity contribution in [1.29, 1.82) is 0 Å². The summed E-state index contributed by atoms with van der Waals surface area (Å²) in [6.07, 6.45) is 3.45. The van der Waals surface area contributed by atoms with Crippen LogP contribution in [0.4, 0.5) is 0 Å². The third-order valence-corrected chi connectivity index (χ3v) is 4.91. The normalized spacial score (nSPS) is 22.6. The number of hydrogen-bond donors (Lipinski definition) is 2. The summed E-state index contributed by atoms with van der Waals surface area (Å²) in [5.74, 6) is 0.129. The molecule has 106 valence electrons. The zero-order valence-electron chi connectivity index (χ0n) is 12.9. The minimum absolute atomic E-state index is 0.0994. The summed E-state index contributed by atoms with van der Waals surface area (Å²) < 4.78 is 0. The molecule has 1 aliphatic rings. The Morgan fingerprint density at radius 3 is 2.17 bits per heavy atom. The van der Waals surface area contributed by atoms with Gasteiger partial charge in [-0.25, -0.2) is 0 Å². The van der Waals surface area contributed by atoms with Gasteiger partial charge in [-0.15, -0.1) is 0 Å². The molecule has 0 aromatic rings. The maximum Gasteiger partial charge on any atom is 0.236 e. The predicted octanol–water partition coefficient (Wildman–Crippen LogP) is 2.71. The van der Waals surface area contributed by atoms with Crippen LogP contribution in [0.2, 0.25) is 0 Å². The van der Waals surface area contributed by atoms with Crippen LogP contribution in [0.5, 0.6) is 0 Å². The highest BCUT2D eigenvalue weighted by molar-refractivity contribution is 5.81. The predicted molar refractivity (Wildman–Crippen MR) is 76.5 cm³/mol. The van der Waals surface area contributed by atoms with Gasteiger partial charge in [0.2, 0.25) is 5.91 Å². The molecule has 0 aromatic heterocycles. The van der Waals surface area contributed by atoms with Crippen LogP contribution in [0.1, 0.15) is 60.8 Å². The second-order valence-electron chi connectivity index (χ2n) is 6.76. The molecule has 0 bridgehead atoms. The van der Waals surface area contributed by atoms with Crippen molar-refractivity contribution in [2.45, 2.75) is 72.9 Å². The number of carbonyl (C=O) groups is 1. The lowest BCUT2D eigenvalue weighted by Gasteiger charge is -2.15. The van der Waals surface area contributed by atoms with Crippen molar-refractivity contribution >= 4 is 5.91 Å². The third-order valence-electron chi connectivity index (χ3n) is 4.91. The fourth-order valence-electron chi connectivity index (χ4n) is 2.68. The number of amides is 1. The Labute approximate surface area is 112 Å². The van der Waals surface area contributed by atoms with Gasteiger partial charge in [0, 0.05) is 12.6 Å². The number of unbranched alkanes of at least 4 members (excludes halogenated alkanes) is 2. The highest BCUT2D eigenvalue weighted by atomic mass is 16.2. The molecule has 3 nitrogen and oxygen atoms in total. The SMILES string of the molecule is CCCCCNC(=O)C(C)NC1C(C)(C)C1(C)C. The maximum absolute atomic E-state index is 11.9. The van der Waals surface area contributed by atoms with Crippen LogP contribution < -0.4 is 10.6 Å². The zero-order chi connectivity index (χ0) is 14.0. The lowest BCUT2D eigenvalue weighted by atomic mass is 10.0. The van der Waals surface area contributed by atoms with Crippen molar-refractivity contribution in [2.75, 3.05) is 6.54 Å². The van der Waals surface area contributed by atoms with Gasteiger partial charge in [-0.05, 0) is 24.2 Å². The summed E-state index contributed by atoms with van der Waals surface area (Å²) in [7, 11) is 0. The van der Waals surface area contributed by atoms with Gasteiger partial charge in [-0.3, -0.25) is 4.79 Å². The van der Waals surface area contributed by atoms with Gasteiger partial charge in [0.05, 0.1) is 6.04 Å². The van der Waals surface area contributed by atoms with E-state index in [-0.39, 0.29) is 22.8 Å². The van der Waals surface area contributed by atoms with Crippen LogP contribution in [0.15, 0.2) is 0 Å². The minimum Gasteiger partial charge on any atom is -0.355 e. The highest BCUT2D eigenvalue weighted by Gasteiger charge is 2.64. The van der Waals surface area contributed by atoms with Crippen LogP contribution >= 0.6 is 0 Å². The lowest BCUT2D eigenvalue weighted by Crippen LogP contribution is -2.44. The molecular formula is C15H30N2O. The summed E-state index contributed by atoms with van der Waals surface area (Å²) in [6.45, 7) is 14.0. The molecule has 0 saturated heterocycles. The van der Waals surface area contributed by atoms with Crippen molar-refractivity contribution in [3.05, 3.63) is 0 Å². The van der Waals surface area contributed by atoms with E-state index in [2.05, 4.69) is 45.3 Å². The Bertz CT molecular complexity index is 283. The van der Waals surface area contributed by atoms with Crippen LogP contribution in [0.25, 0.3) is 0 Å². The van der Waals surface area contributed by atoms with E-state index >= 15 is 0 Å². The Morgan fingerprint density at radius 2 is 1.72 bits per heavy atom. The lowest BCUT2D eigenvalue weighted by molar-refractivity contribution is -0.122. The Morgan fingerprint density at radius 1 is 1.17 bits per heavy atom. The van der Waals surface area contributed by atoms with E-state index in [1.54, 1.807) is 0 Å². The first-order valence-corrected chi connectivity index (χ1v) is 7.29. The fraction of sp³-hybridized carbons (Fsp3) is 0.933. The summed E-state index contributed by atoms with van der Waals surface area (Å²) >= 11 is 0. The molecular weight excluding hydrogens is 224 g/mol. The number of nitrogens with one attached hydrogen (secondary N) is 2. The summed E-state index contributed by atoms with van der Waals surface area (Å²) in [4.78, 5) is 11.9. The average Bonchev–Trinajstić information content (AvgIpc) is 2.66. The van der Waals surface area contributed by atoms with Crippen molar-refractivity contribution in [3.8, 4) is 0 Å². The molecule has 1 rings (SSSR count). The van der Waals surface area contributed by atoms with Crippen molar-refractivity contribution in [1.82, 2.24) is 10.6 Å². The van der Waals surface area contributed by atoms with Gasteiger partial charge < -0.3 is 10.6 Å². The van der Waals surface area contributed by atoms with E-state index in [1.807, 2.05) is 6.92 Å². The summed E-state index contributed by atoms with van der Waals surface area (Å²) in [6, 6.07) is 0.332. The second-order valence-corrected chi connectivity index (χ2v) is 6.76. The molecule has 0 heterocycles. The Balaban J connectivity index is 2.29. The van der Waals surface area contributed by atoms with E-state index in [0.717, 1.165) is 13.0 Å². The first-order chi connectivity index (χ1) is 8.25. The van der Waals surface area contributed by atoms with Gasteiger partial charge >= 0.3 is 0 Å². The highest BCUT2D eigenvalue weighted by Crippen LogP contribution is 2.62. The largest absolute Gasteiger partial charge is 0.355 e. The molecule has 2 N–H and O–H groups in total. The third kappa shape index (κ3) is 3.05. The van der Waals surface area contributed by atoms with Gasteiger partial charge in [-0.1, -0.05) is 47.5 Å². The quantitative estimate of drug-likeness (QED) is 0.686. The van der Waals surface area contributed by atoms with Crippen LogP contribution in [0.3, 0.4) is 0 Å². The molecule has 0 aliphatic heterocycles. The molecule has 1 aliphatic carbocycles. The van der Waals surface area contributed by atoms with E-state index in [9.17, 15) is 4.79 Å². The van der Waals surface area contributed by atoms with Crippen molar-refractivity contribution in [2.24, 2.45) is 10.8 Å². The Hall–Kier alpha value is -0.570. The van der Waals surface area contributed by atoms with E-state index in [4.69, 9.17) is 0 Å². The molecule has 0 aromatic carbocycles. The summed E-state index contributed by atoms with van der Waals surface area (Å²) in [5, 5.41) is 6.47. The van der Waals surface area contributed by atoms with Gasteiger partial charge in [0.25, 0.3) is 0 Å². The smallest absolute Gasteiger partial charge is 0.236 e. The first kappa shape index (κ1) is 15.5. The van der Waals surface area contributed by atoms with Crippen molar-refractivity contribution < 1.29 is 4.79 Å². The van der Waals surface area contributed by atoms with Crippen molar-refractivity contribution in [3.63, 3.8) is 0 Å². The number of rotatable bonds is 7. The van der Waals surface area contributed by atoms with E-state index < -0.39 is 0 Å². The molecule has 1 atom stereocenters. The van der Waals surface area contributed by atoms with Crippen LogP contribution in [0, 0.1) is 10.8 Å². The fourth-order valence-corrected chi connectivity index (χ4v) is 2.68. The molecule has 0 spiro atoms. The van der Waals surface area contributed by atoms with Gasteiger partial charge in [0.15, 0.2) is 0 Å². The molecule has 1 amide bonds. The molecule has 3 heteroatoms. The maximum atomic E-state index is 11.9. The molecule has 18 heavy (non-hydrogen) atoms. The summed E-state index contributed by atoms with van der Waals surface area (Å²) in [5.41, 5.74) is 0.563. The average molecular weight is 254 g/mol. The van der Waals surface area contributed by atoms with Gasteiger partial charge in [-0.2, -0.15) is 0 Å². The second kappa shape index (κ2) is 5.60. The first-order valence-electron chi connectivity index (χ1n) is 7.29. The van der Waals surface area contributed by atoms with E-state index in [1.165, 1.54) is 12.8 Å². The topological polar surface area (TPSA) is 41.1 Å². The molecule has 1 saturated carbocycles. The van der Waals surface area contributed by atoms with Crippen LogP contribution in [-0.2, 0) is 4.79 Å². The van der Waals surface area contributed by atoms with Gasteiger partial charge in [0.1, 0.15) is 0 Å². The zero-order valence-corrected chi connectivity index (χ0v) is 12.9. The monoisotopic (exact) mass is 254 g/mol. The number of carbonyl (C=O) groups excluding carboxylic acids is 1. The molecule has 1 unspecified atom stereocenters. The minimum atomic E-state index is -0.0994. The standard InChI is InChI=1S/C15H30N2O/c1-7-8-9-10-16-12(18)11(2)17-13-14(3,4)15(13,5)6/h11,13,17H,7-10H2,1-6H3,(H,16,18). The number of hydrogen-bond acceptors (Lipinski definition) is 2. The molecule has 1 fully saturated rings. The Kier molecular flexibility index (Phi) is 4.82. The molecule has 0 radical (unpaired) electrons. The van der Waals surface area contributed by atoms with E-state index in [0.29, 0.717) is 6.04 Å². The van der Waals surface area contributed by atoms with Crippen LogP contribution in [-0.4, -0.2) is 24.5 Å².